The van der Waals surface area contributed by atoms with Gasteiger partial charge in [0.25, 0.3) is 11.1 Å². The molecule has 3 heterocycles. The summed E-state index contributed by atoms with van der Waals surface area (Å²) in [5, 5.41) is 4.57. The molecular formula is C25H28ClN5O7S. The van der Waals surface area contributed by atoms with Gasteiger partial charge in [-0.15, -0.1) is 5.10 Å². The van der Waals surface area contributed by atoms with Gasteiger partial charge in [0.05, 0.1) is 38.8 Å². The number of hydrogen-bond donors (Lipinski definition) is 0. The number of pyridine rings is 2. The number of aromatic nitrogens is 4. The first-order chi connectivity index (χ1) is 18.4. The molecule has 208 valence electrons. The Kier molecular flexibility index (Phi) is 9.76. The second kappa shape index (κ2) is 12.8. The number of amides is 1. The molecule has 0 aliphatic carbocycles. The van der Waals surface area contributed by atoms with E-state index in [2.05, 4.69) is 20.1 Å². The largest absolute Gasteiger partial charge is 0.494 e. The Labute approximate surface area is 233 Å². The average molecular weight is 578 g/mol. The molecule has 0 radical (unpaired) electrons. The maximum atomic E-state index is 13.4. The highest BCUT2D eigenvalue weighted by Gasteiger charge is 2.20. The van der Waals surface area contributed by atoms with Gasteiger partial charge in [0.2, 0.25) is 4.80 Å². The number of esters is 2. The highest BCUT2D eigenvalue weighted by atomic mass is 35.5. The van der Waals surface area contributed by atoms with Crippen LogP contribution in [-0.4, -0.2) is 57.4 Å². The normalized spacial score (nSPS) is 11.7. The number of aryl methyl sites for hydroxylation is 1. The highest BCUT2D eigenvalue weighted by Crippen LogP contribution is 2.34. The molecule has 0 N–H and O–H groups in total. The maximum absolute atomic E-state index is 13.4. The molecule has 3 rings (SSSR count). The minimum Gasteiger partial charge on any atom is -0.494 e. The minimum absolute atomic E-state index is 0.114. The van der Waals surface area contributed by atoms with Crippen LogP contribution in [0.1, 0.15) is 49.7 Å². The van der Waals surface area contributed by atoms with Crippen LogP contribution in [0.5, 0.6) is 10.9 Å². The van der Waals surface area contributed by atoms with Crippen molar-refractivity contribution in [3.63, 3.8) is 0 Å². The molecule has 0 saturated carbocycles. The second-order valence-electron chi connectivity index (χ2n) is 9.08. The zero-order chi connectivity index (χ0) is 28.7. The highest BCUT2D eigenvalue weighted by molar-refractivity contribution is 7.10. The lowest BCUT2D eigenvalue weighted by Crippen LogP contribution is -2.25. The van der Waals surface area contributed by atoms with E-state index in [0.717, 1.165) is 11.3 Å². The Hall–Kier alpha value is -3.84. The van der Waals surface area contributed by atoms with E-state index in [-0.39, 0.29) is 40.3 Å². The van der Waals surface area contributed by atoms with Crippen LogP contribution in [0.2, 0.25) is 5.15 Å². The van der Waals surface area contributed by atoms with Crippen LogP contribution in [0.3, 0.4) is 0 Å². The lowest BCUT2D eigenvalue weighted by molar-refractivity contribution is -0.159. The van der Waals surface area contributed by atoms with Crippen molar-refractivity contribution in [1.82, 2.24) is 19.7 Å². The van der Waals surface area contributed by atoms with Gasteiger partial charge in [-0.2, -0.15) is 9.67 Å². The fourth-order valence-electron chi connectivity index (χ4n) is 3.23. The Morgan fingerprint density at radius 3 is 2.41 bits per heavy atom. The summed E-state index contributed by atoms with van der Waals surface area (Å²) in [5.41, 5.74) is 1.21. The topological polar surface area (TPSA) is 144 Å². The van der Waals surface area contributed by atoms with E-state index < -0.39 is 23.4 Å². The minimum atomic E-state index is -0.654. The Bertz CT molecular complexity index is 1450. The first-order valence-corrected chi connectivity index (χ1v) is 12.8. The molecule has 0 unspecified atom stereocenters. The van der Waals surface area contributed by atoms with Crippen molar-refractivity contribution in [2.24, 2.45) is 4.99 Å². The molecule has 3 aromatic rings. The fraction of sp³-hybridized carbons (Fsp3) is 0.400. The first-order valence-electron chi connectivity index (χ1n) is 11.6. The summed E-state index contributed by atoms with van der Waals surface area (Å²) in [6.45, 7) is 6.63. The van der Waals surface area contributed by atoms with E-state index in [1.165, 1.54) is 31.3 Å². The van der Waals surface area contributed by atoms with Gasteiger partial charge in [0, 0.05) is 23.0 Å². The van der Waals surface area contributed by atoms with Crippen LogP contribution in [-0.2, 0) is 25.8 Å². The van der Waals surface area contributed by atoms with Crippen molar-refractivity contribution >= 4 is 40.8 Å². The first kappa shape index (κ1) is 29.7. The summed E-state index contributed by atoms with van der Waals surface area (Å²) in [7, 11) is 2.89. The number of rotatable bonds is 9. The maximum Gasteiger partial charge on any atom is 0.308 e. The summed E-state index contributed by atoms with van der Waals surface area (Å²) in [4.78, 5) is 50.0. The quantitative estimate of drug-likeness (QED) is 0.272. The second-order valence-corrected chi connectivity index (χ2v) is 10.4. The number of carbonyl (C=O) groups excluding carboxylic acids is 3. The smallest absolute Gasteiger partial charge is 0.308 e. The monoisotopic (exact) mass is 577 g/mol. The van der Waals surface area contributed by atoms with Crippen molar-refractivity contribution in [2.45, 2.75) is 52.9 Å². The number of methoxy groups -OCH3 is 2. The van der Waals surface area contributed by atoms with Crippen LogP contribution >= 0.6 is 22.9 Å². The van der Waals surface area contributed by atoms with Crippen LogP contribution < -0.4 is 14.3 Å². The molecule has 39 heavy (non-hydrogen) atoms. The predicted molar refractivity (Wildman–Crippen MR) is 141 cm³/mol. The van der Waals surface area contributed by atoms with Crippen LogP contribution in [0, 0.1) is 6.92 Å². The number of ether oxygens (including phenoxy) is 4. The summed E-state index contributed by atoms with van der Waals surface area (Å²) in [6.07, 6.45) is 2.54. The fourth-order valence-corrected chi connectivity index (χ4v) is 4.10. The molecule has 0 spiro atoms. The van der Waals surface area contributed by atoms with Gasteiger partial charge in [-0.25, -0.2) is 4.98 Å². The molecule has 0 aliphatic rings. The molecule has 0 fully saturated rings. The molecule has 12 nitrogen and oxygen atoms in total. The number of carbonyl (C=O) groups is 3. The van der Waals surface area contributed by atoms with Crippen LogP contribution in [0.25, 0.3) is 11.1 Å². The molecule has 3 aromatic heterocycles. The van der Waals surface area contributed by atoms with Crippen LogP contribution in [0.4, 0.5) is 0 Å². The molecule has 0 saturated heterocycles. The standard InChI is InChI=1S/C25H28ClN5O7S/c1-14-9-15(16-10-19(26)28-12-18(16)35-5)17(11-27-14)22(34)29-23-31(30-24(36-6)39-23)13-37-20(32)7-8-21(33)38-25(2,3)4/h9-12H,7-8,13H2,1-6H3/b29-23-. The zero-order valence-electron chi connectivity index (χ0n) is 22.3. The van der Waals surface area contributed by atoms with Crippen molar-refractivity contribution < 1.29 is 33.3 Å². The lowest BCUT2D eigenvalue weighted by Gasteiger charge is -2.19. The zero-order valence-corrected chi connectivity index (χ0v) is 23.9. The third kappa shape index (κ3) is 8.32. The van der Waals surface area contributed by atoms with E-state index >= 15 is 0 Å². The van der Waals surface area contributed by atoms with E-state index in [9.17, 15) is 14.4 Å². The van der Waals surface area contributed by atoms with Crippen molar-refractivity contribution in [2.75, 3.05) is 14.2 Å². The van der Waals surface area contributed by atoms with Crippen molar-refractivity contribution in [3.8, 4) is 22.1 Å². The van der Waals surface area contributed by atoms with Gasteiger partial charge >= 0.3 is 11.9 Å². The third-order valence-corrected chi connectivity index (χ3v) is 6.00. The van der Waals surface area contributed by atoms with E-state index in [4.69, 9.17) is 30.5 Å². The molecule has 0 aliphatic heterocycles. The SMILES string of the molecule is COc1nn(COC(=O)CCC(=O)OC(C)(C)C)/c(=N/C(=O)c2cnc(C)cc2-c2cc(Cl)ncc2OC)s1. The number of hydrogen-bond acceptors (Lipinski definition) is 11. The molecule has 0 aromatic carbocycles. The average Bonchev–Trinajstić information content (AvgIpc) is 3.26. The van der Waals surface area contributed by atoms with Gasteiger partial charge in [-0.05, 0) is 51.2 Å². The molecule has 0 atom stereocenters. The third-order valence-electron chi connectivity index (χ3n) is 4.89. The van der Waals surface area contributed by atoms with Gasteiger partial charge in [0.15, 0.2) is 6.73 Å². The van der Waals surface area contributed by atoms with Crippen molar-refractivity contribution in [1.29, 1.82) is 0 Å². The number of nitrogens with zero attached hydrogens (tertiary/aromatic N) is 5. The van der Waals surface area contributed by atoms with Crippen molar-refractivity contribution in [3.05, 3.63) is 45.7 Å². The molecule has 14 heteroatoms. The van der Waals surface area contributed by atoms with Gasteiger partial charge < -0.3 is 18.9 Å². The molecule has 1 amide bonds. The summed E-state index contributed by atoms with van der Waals surface area (Å²) >= 11 is 7.09. The molecule has 0 bridgehead atoms. The van der Waals surface area contributed by atoms with Gasteiger partial charge in [-0.1, -0.05) is 11.6 Å². The lowest BCUT2D eigenvalue weighted by atomic mass is 10.0. The molecular weight excluding hydrogens is 550 g/mol. The Morgan fingerprint density at radius 2 is 1.74 bits per heavy atom. The van der Waals surface area contributed by atoms with Crippen LogP contribution in [0.15, 0.2) is 29.5 Å². The van der Waals surface area contributed by atoms with E-state index in [1.54, 1.807) is 39.8 Å². The Balaban J connectivity index is 1.86. The summed E-state index contributed by atoms with van der Waals surface area (Å²) in [5.74, 6) is -1.39. The Morgan fingerprint density at radius 1 is 1.03 bits per heavy atom. The van der Waals surface area contributed by atoms with E-state index in [1.807, 2.05) is 0 Å². The predicted octanol–water partition coefficient (Wildman–Crippen LogP) is 3.74. The van der Waals surface area contributed by atoms with Gasteiger partial charge in [0.1, 0.15) is 16.5 Å². The number of halogens is 1. The summed E-state index contributed by atoms with van der Waals surface area (Å²) in [6, 6.07) is 3.29. The van der Waals surface area contributed by atoms with Gasteiger partial charge in [-0.3, -0.25) is 19.4 Å². The summed E-state index contributed by atoms with van der Waals surface area (Å²) < 4.78 is 22.2. The van der Waals surface area contributed by atoms with E-state index in [0.29, 0.717) is 22.6 Å².